The Labute approximate surface area is 197 Å². The molecule has 1 aliphatic rings. The maximum atomic E-state index is 6.31. The average molecular weight is 541 g/mol. The molecule has 1 saturated carbocycles. The lowest BCUT2D eigenvalue weighted by Crippen LogP contribution is -2.36. The van der Waals surface area contributed by atoms with Gasteiger partial charge in [0.15, 0.2) is 22.4 Å². The number of guanidine groups is 1. The number of imidazole rings is 1. The molecule has 1 aromatic carbocycles. The normalized spacial score (nSPS) is 14.5. The first-order valence-electron chi connectivity index (χ1n) is 9.95. The van der Waals surface area contributed by atoms with Crippen LogP contribution in [-0.2, 0) is 13.1 Å². The van der Waals surface area contributed by atoms with Gasteiger partial charge in [-0.1, -0.05) is 12.1 Å². The summed E-state index contributed by atoms with van der Waals surface area (Å²) in [6.45, 7) is 1.20. The van der Waals surface area contributed by atoms with Gasteiger partial charge in [-0.3, -0.25) is 9.39 Å². The first-order chi connectivity index (χ1) is 14.3. The minimum absolute atomic E-state index is 0. The number of ether oxygens (including phenoxy) is 2. The highest BCUT2D eigenvalue weighted by Crippen LogP contribution is 2.34. The number of thiazole rings is 1. The van der Waals surface area contributed by atoms with Gasteiger partial charge in [-0.15, -0.1) is 35.3 Å². The van der Waals surface area contributed by atoms with Crippen LogP contribution in [0.5, 0.6) is 11.5 Å². The van der Waals surface area contributed by atoms with Crippen molar-refractivity contribution in [1.29, 1.82) is 0 Å². The molecule has 3 aromatic rings. The summed E-state index contributed by atoms with van der Waals surface area (Å²) in [6.07, 6.45) is 9.00. The van der Waals surface area contributed by atoms with Crippen molar-refractivity contribution in [2.24, 2.45) is 4.99 Å². The summed E-state index contributed by atoms with van der Waals surface area (Å²) in [5, 5.41) is 8.72. The lowest BCUT2D eigenvalue weighted by atomic mass is 10.1. The van der Waals surface area contributed by atoms with E-state index in [4.69, 9.17) is 9.47 Å². The van der Waals surface area contributed by atoms with Crippen molar-refractivity contribution in [2.45, 2.75) is 44.9 Å². The van der Waals surface area contributed by atoms with Crippen LogP contribution in [0.2, 0.25) is 0 Å². The molecule has 0 spiro atoms. The molecule has 30 heavy (non-hydrogen) atoms. The summed E-state index contributed by atoms with van der Waals surface area (Å²) in [5.41, 5.74) is 2.04. The fourth-order valence-corrected chi connectivity index (χ4v) is 4.32. The Balaban J connectivity index is 0.00000256. The largest absolute Gasteiger partial charge is 0.493 e. The highest BCUT2D eigenvalue weighted by atomic mass is 127. The predicted molar refractivity (Wildman–Crippen MR) is 131 cm³/mol. The second-order valence-electron chi connectivity index (χ2n) is 7.08. The van der Waals surface area contributed by atoms with E-state index in [9.17, 15) is 0 Å². The highest BCUT2D eigenvalue weighted by molar-refractivity contribution is 14.0. The van der Waals surface area contributed by atoms with Crippen LogP contribution in [0.25, 0.3) is 4.96 Å². The molecular formula is C21H28IN5O2S. The van der Waals surface area contributed by atoms with E-state index in [0.29, 0.717) is 13.1 Å². The van der Waals surface area contributed by atoms with E-state index in [0.717, 1.165) is 46.5 Å². The lowest BCUT2D eigenvalue weighted by Gasteiger charge is -2.20. The molecule has 9 heteroatoms. The molecule has 0 unspecified atom stereocenters. The monoisotopic (exact) mass is 541 g/mol. The Hall–Kier alpha value is -2.01. The lowest BCUT2D eigenvalue weighted by molar-refractivity contribution is 0.198. The molecule has 0 aliphatic heterocycles. The molecule has 0 atom stereocenters. The third-order valence-electron chi connectivity index (χ3n) is 5.12. The van der Waals surface area contributed by atoms with E-state index in [1.807, 2.05) is 34.3 Å². The summed E-state index contributed by atoms with van der Waals surface area (Å²) >= 11 is 1.63. The number of nitrogens with one attached hydrogen (secondary N) is 2. The molecule has 0 saturated heterocycles. The zero-order valence-electron chi connectivity index (χ0n) is 17.3. The number of para-hydroxylation sites is 1. The third kappa shape index (κ3) is 5.37. The van der Waals surface area contributed by atoms with Crippen LogP contribution in [0.4, 0.5) is 0 Å². The smallest absolute Gasteiger partial charge is 0.193 e. The van der Waals surface area contributed by atoms with Gasteiger partial charge >= 0.3 is 0 Å². The number of benzene rings is 1. The fourth-order valence-electron chi connectivity index (χ4n) is 3.60. The Morgan fingerprint density at radius 3 is 2.80 bits per heavy atom. The van der Waals surface area contributed by atoms with Crippen LogP contribution < -0.4 is 20.1 Å². The van der Waals surface area contributed by atoms with Gasteiger partial charge in [0.05, 0.1) is 25.5 Å². The molecular weight excluding hydrogens is 513 g/mol. The van der Waals surface area contributed by atoms with Gasteiger partial charge in [-0.2, -0.15) is 0 Å². The van der Waals surface area contributed by atoms with E-state index in [1.54, 1.807) is 25.5 Å². The average Bonchev–Trinajstić information content (AvgIpc) is 3.47. The molecule has 7 nitrogen and oxygen atoms in total. The standard InChI is InChI=1S/C21H27N5O2S.HI/c1-22-20(24-13-16-14-26-10-11-29-21(26)25-16)23-12-15-6-5-9-18(27-2)19(15)28-17-7-3-4-8-17;/h5-6,9-11,14,17H,3-4,7-8,12-13H2,1-2H3,(H2,22,23,24);1H. The van der Waals surface area contributed by atoms with E-state index in [2.05, 4.69) is 26.7 Å². The number of aliphatic imine (C=N–C) groups is 1. The summed E-state index contributed by atoms with van der Waals surface area (Å²) in [5.74, 6) is 2.33. The topological polar surface area (TPSA) is 72.2 Å². The Bertz CT molecular complexity index is 952. The molecule has 2 heterocycles. The fraction of sp³-hybridized carbons (Fsp3) is 0.429. The molecule has 0 radical (unpaired) electrons. The molecule has 162 valence electrons. The van der Waals surface area contributed by atoms with Crippen molar-refractivity contribution >= 4 is 46.2 Å². The quantitative estimate of drug-likeness (QED) is 0.267. The van der Waals surface area contributed by atoms with Gasteiger partial charge in [0, 0.05) is 36.9 Å². The maximum Gasteiger partial charge on any atom is 0.193 e. The summed E-state index contributed by atoms with van der Waals surface area (Å²) in [6, 6.07) is 6.01. The second-order valence-corrected chi connectivity index (χ2v) is 7.95. The Kier molecular flexibility index (Phi) is 8.20. The molecule has 1 fully saturated rings. The highest BCUT2D eigenvalue weighted by Gasteiger charge is 2.20. The van der Waals surface area contributed by atoms with E-state index in [1.165, 1.54) is 12.8 Å². The van der Waals surface area contributed by atoms with Crippen LogP contribution in [0.1, 0.15) is 36.9 Å². The van der Waals surface area contributed by atoms with Gasteiger partial charge in [0.25, 0.3) is 0 Å². The molecule has 0 bridgehead atoms. The van der Waals surface area contributed by atoms with Gasteiger partial charge in [-0.25, -0.2) is 4.98 Å². The van der Waals surface area contributed by atoms with Crippen LogP contribution in [0.3, 0.4) is 0 Å². The molecule has 2 aromatic heterocycles. The summed E-state index contributed by atoms with van der Waals surface area (Å²) in [4.78, 5) is 9.91. The van der Waals surface area contributed by atoms with E-state index >= 15 is 0 Å². The minimum Gasteiger partial charge on any atom is -0.493 e. The van der Waals surface area contributed by atoms with Crippen molar-refractivity contribution < 1.29 is 9.47 Å². The SMILES string of the molecule is CN=C(NCc1cn2ccsc2n1)NCc1cccc(OC)c1OC1CCCC1.I. The zero-order valence-corrected chi connectivity index (χ0v) is 20.4. The molecule has 2 N–H and O–H groups in total. The van der Waals surface area contributed by atoms with Gasteiger partial charge in [0.2, 0.25) is 0 Å². The number of halogens is 1. The van der Waals surface area contributed by atoms with Crippen LogP contribution in [0.15, 0.2) is 41.0 Å². The maximum absolute atomic E-state index is 6.31. The predicted octanol–water partition coefficient (Wildman–Crippen LogP) is 4.21. The number of fused-ring (bicyclic) bond motifs is 1. The van der Waals surface area contributed by atoms with E-state index in [-0.39, 0.29) is 30.1 Å². The number of hydrogen-bond acceptors (Lipinski definition) is 5. The second kappa shape index (κ2) is 10.9. The summed E-state index contributed by atoms with van der Waals surface area (Å²) in [7, 11) is 3.45. The number of methoxy groups -OCH3 is 1. The summed E-state index contributed by atoms with van der Waals surface area (Å²) < 4.78 is 13.9. The van der Waals surface area contributed by atoms with Crippen molar-refractivity contribution in [2.75, 3.05) is 14.2 Å². The van der Waals surface area contributed by atoms with Gasteiger partial charge < -0.3 is 20.1 Å². The van der Waals surface area contributed by atoms with Crippen molar-refractivity contribution in [3.63, 3.8) is 0 Å². The van der Waals surface area contributed by atoms with Crippen LogP contribution in [-0.4, -0.2) is 35.6 Å². The number of hydrogen-bond donors (Lipinski definition) is 2. The molecule has 4 rings (SSSR count). The van der Waals surface area contributed by atoms with Gasteiger partial charge in [0.1, 0.15) is 0 Å². The first kappa shape index (κ1) is 22.7. The van der Waals surface area contributed by atoms with Crippen molar-refractivity contribution in [3.05, 3.63) is 47.2 Å². The molecule has 0 amide bonds. The number of aromatic nitrogens is 2. The van der Waals surface area contributed by atoms with Crippen molar-refractivity contribution in [1.82, 2.24) is 20.0 Å². The first-order valence-corrected chi connectivity index (χ1v) is 10.8. The number of rotatable bonds is 7. The van der Waals surface area contributed by atoms with E-state index < -0.39 is 0 Å². The van der Waals surface area contributed by atoms with Crippen molar-refractivity contribution in [3.8, 4) is 11.5 Å². The van der Waals surface area contributed by atoms with Crippen LogP contribution >= 0.6 is 35.3 Å². The Morgan fingerprint density at radius 1 is 1.27 bits per heavy atom. The number of nitrogens with zero attached hydrogens (tertiary/aromatic N) is 3. The minimum atomic E-state index is 0. The van der Waals surface area contributed by atoms with Gasteiger partial charge in [-0.05, 0) is 31.7 Å². The third-order valence-corrected chi connectivity index (χ3v) is 5.89. The molecule has 1 aliphatic carbocycles. The zero-order chi connectivity index (χ0) is 20.1. The Morgan fingerprint density at radius 2 is 2.07 bits per heavy atom. The van der Waals surface area contributed by atoms with Crippen LogP contribution in [0, 0.1) is 0 Å².